The van der Waals surface area contributed by atoms with Gasteiger partial charge in [-0.05, 0) is 11.5 Å². The molecular formula is C4HF3N2OS. The Bertz CT molecular complexity index is 269. The molecule has 60 valence electrons. The monoisotopic (exact) mass is 182 g/mol. The van der Waals surface area contributed by atoms with Crippen LogP contribution >= 0.6 is 11.5 Å². The van der Waals surface area contributed by atoms with E-state index in [1.54, 1.807) is 0 Å². The molecule has 0 unspecified atom stereocenters. The summed E-state index contributed by atoms with van der Waals surface area (Å²) in [5.41, 5.74) is -1.21. The van der Waals surface area contributed by atoms with Crippen LogP contribution in [0.2, 0.25) is 0 Å². The summed E-state index contributed by atoms with van der Waals surface area (Å²) in [5, 5.41) is 2.77. The van der Waals surface area contributed by atoms with E-state index in [1.807, 2.05) is 0 Å². The molecule has 0 amide bonds. The van der Waals surface area contributed by atoms with Crippen molar-refractivity contribution in [2.45, 2.75) is 6.18 Å². The first-order valence-corrected chi connectivity index (χ1v) is 3.18. The molecular weight excluding hydrogens is 181 g/mol. The largest absolute Gasteiger partial charge is 0.436 e. The molecule has 0 N–H and O–H groups in total. The maximum Gasteiger partial charge on any atom is 0.436 e. The lowest BCUT2D eigenvalue weighted by Gasteiger charge is -1.99. The quantitative estimate of drug-likeness (QED) is 0.616. The summed E-state index contributed by atoms with van der Waals surface area (Å²) in [6.45, 7) is 0. The van der Waals surface area contributed by atoms with Crippen LogP contribution in [-0.2, 0) is 6.18 Å². The molecule has 0 aliphatic carbocycles. The van der Waals surface area contributed by atoms with Crippen molar-refractivity contribution in [3.63, 3.8) is 0 Å². The minimum atomic E-state index is -4.58. The second-order valence-electron chi connectivity index (χ2n) is 1.60. The zero-order valence-electron chi connectivity index (χ0n) is 4.92. The number of aromatic nitrogens is 2. The fourth-order valence-corrected chi connectivity index (χ4v) is 0.968. The van der Waals surface area contributed by atoms with Crippen LogP contribution in [0.5, 0.6) is 0 Å². The lowest BCUT2D eigenvalue weighted by Crippen LogP contribution is -2.08. The van der Waals surface area contributed by atoms with Gasteiger partial charge in [-0.3, -0.25) is 4.79 Å². The Labute approximate surface area is 63.0 Å². The fraction of sp³-hybridized carbons (Fsp3) is 0.250. The van der Waals surface area contributed by atoms with Gasteiger partial charge in [0.25, 0.3) is 0 Å². The third-order valence-corrected chi connectivity index (χ3v) is 1.54. The summed E-state index contributed by atoms with van der Waals surface area (Å²) in [4.78, 5) is 9.48. The molecule has 0 saturated heterocycles. The molecule has 0 atom stereocenters. The van der Waals surface area contributed by atoms with E-state index in [0.29, 0.717) is 11.5 Å². The molecule has 0 aliphatic heterocycles. The third-order valence-electron chi connectivity index (χ3n) is 0.889. The maximum atomic E-state index is 11.8. The fourth-order valence-electron chi connectivity index (χ4n) is 0.471. The van der Waals surface area contributed by atoms with Crippen molar-refractivity contribution in [3.05, 3.63) is 10.6 Å². The Kier molecular flexibility index (Phi) is 1.90. The van der Waals surface area contributed by atoms with E-state index in [4.69, 9.17) is 0 Å². The van der Waals surface area contributed by atoms with Gasteiger partial charge in [-0.15, -0.1) is 5.10 Å². The molecule has 0 bridgehead atoms. The molecule has 0 radical (unpaired) electrons. The van der Waals surface area contributed by atoms with Crippen molar-refractivity contribution in [2.75, 3.05) is 0 Å². The Morgan fingerprint density at radius 1 is 1.45 bits per heavy atom. The highest BCUT2D eigenvalue weighted by Gasteiger charge is 2.37. The summed E-state index contributed by atoms with van der Waals surface area (Å²) < 4.78 is 38.4. The Balaban J connectivity index is 3.12. The number of aldehydes is 1. The Morgan fingerprint density at radius 2 is 2.09 bits per heavy atom. The predicted molar refractivity (Wildman–Crippen MR) is 30.3 cm³/mol. The highest BCUT2D eigenvalue weighted by molar-refractivity contribution is 7.07. The van der Waals surface area contributed by atoms with Crippen LogP contribution in [0.4, 0.5) is 13.2 Å². The molecule has 0 aliphatic rings. The lowest BCUT2D eigenvalue weighted by molar-refractivity contribution is -0.141. The zero-order chi connectivity index (χ0) is 8.48. The number of hydrogen-bond acceptors (Lipinski definition) is 4. The zero-order valence-corrected chi connectivity index (χ0v) is 5.74. The summed E-state index contributed by atoms with van der Waals surface area (Å²) in [6, 6.07) is 0. The molecule has 0 saturated carbocycles. The van der Waals surface area contributed by atoms with E-state index in [2.05, 4.69) is 9.59 Å². The van der Waals surface area contributed by atoms with Gasteiger partial charge in [0.2, 0.25) is 0 Å². The summed E-state index contributed by atoms with van der Waals surface area (Å²) in [6.07, 6.45) is -4.49. The second-order valence-corrected chi connectivity index (χ2v) is 2.39. The first-order valence-electron chi connectivity index (χ1n) is 2.40. The standard InChI is InChI=1S/C4HF3N2OS/c5-4(6,7)3-2(1-10)11-9-8-3/h1H. The van der Waals surface area contributed by atoms with Gasteiger partial charge in [0.1, 0.15) is 4.88 Å². The first-order chi connectivity index (χ1) is 5.05. The van der Waals surface area contributed by atoms with Gasteiger partial charge >= 0.3 is 6.18 Å². The predicted octanol–water partition coefficient (Wildman–Crippen LogP) is 1.37. The van der Waals surface area contributed by atoms with Gasteiger partial charge in [0.15, 0.2) is 12.0 Å². The van der Waals surface area contributed by atoms with Crippen molar-refractivity contribution in [1.29, 1.82) is 0 Å². The van der Waals surface area contributed by atoms with E-state index in [1.165, 1.54) is 0 Å². The second kappa shape index (κ2) is 2.57. The summed E-state index contributed by atoms with van der Waals surface area (Å²) in [7, 11) is 0. The van der Waals surface area contributed by atoms with Crippen molar-refractivity contribution in [3.8, 4) is 0 Å². The van der Waals surface area contributed by atoms with Crippen LogP contribution in [0.15, 0.2) is 0 Å². The highest BCUT2D eigenvalue weighted by Crippen LogP contribution is 2.30. The minimum absolute atomic E-state index is 0.0908. The van der Waals surface area contributed by atoms with Crippen LogP contribution in [0, 0.1) is 0 Å². The summed E-state index contributed by atoms with van der Waals surface area (Å²) in [5.74, 6) is 0. The number of rotatable bonds is 1. The van der Waals surface area contributed by atoms with Crippen LogP contribution in [0.1, 0.15) is 15.4 Å². The van der Waals surface area contributed by atoms with Gasteiger partial charge in [-0.1, -0.05) is 4.49 Å². The molecule has 11 heavy (non-hydrogen) atoms. The van der Waals surface area contributed by atoms with E-state index >= 15 is 0 Å². The van der Waals surface area contributed by atoms with E-state index in [9.17, 15) is 18.0 Å². The Morgan fingerprint density at radius 3 is 2.45 bits per heavy atom. The van der Waals surface area contributed by atoms with Crippen LogP contribution in [0.3, 0.4) is 0 Å². The van der Waals surface area contributed by atoms with Gasteiger partial charge in [-0.2, -0.15) is 13.2 Å². The number of carbonyl (C=O) groups excluding carboxylic acids is 1. The van der Waals surface area contributed by atoms with Gasteiger partial charge < -0.3 is 0 Å². The van der Waals surface area contributed by atoms with E-state index in [0.717, 1.165) is 0 Å². The van der Waals surface area contributed by atoms with Crippen molar-refractivity contribution < 1.29 is 18.0 Å². The van der Waals surface area contributed by atoms with E-state index < -0.39 is 16.7 Å². The molecule has 0 aromatic carbocycles. The Hall–Kier alpha value is -0.980. The molecule has 1 rings (SSSR count). The molecule has 0 fully saturated rings. The molecule has 0 spiro atoms. The SMILES string of the molecule is O=Cc1snnc1C(F)(F)F. The number of hydrogen-bond donors (Lipinski definition) is 0. The van der Waals surface area contributed by atoms with E-state index in [-0.39, 0.29) is 6.29 Å². The average molecular weight is 182 g/mol. The van der Waals surface area contributed by atoms with Gasteiger partial charge in [0, 0.05) is 0 Å². The van der Waals surface area contributed by atoms with Crippen molar-refractivity contribution in [1.82, 2.24) is 9.59 Å². The number of nitrogens with zero attached hydrogens (tertiary/aromatic N) is 2. The van der Waals surface area contributed by atoms with Crippen LogP contribution in [-0.4, -0.2) is 15.9 Å². The smallest absolute Gasteiger partial charge is 0.297 e. The van der Waals surface area contributed by atoms with Crippen molar-refractivity contribution in [2.24, 2.45) is 0 Å². The third kappa shape index (κ3) is 1.53. The maximum absolute atomic E-state index is 11.8. The summed E-state index contributed by atoms with van der Waals surface area (Å²) >= 11 is 0.427. The molecule has 1 heterocycles. The number of alkyl halides is 3. The minimum Gasteiger partial charge on any atom is -0.297 e. The number of carbonyl (C=O) groups is 1. The lowest BCUT2D eigenvalue weighted by atomic mass is 10.4. The molecule has 1 aromatic rings. The average Bonchev–Trinajstić information content (AvgIpc) is 2.31. The van der Waals surface area contributed by atoms with Gasteiger partial charge in [0.05, 0.1) is 0 Å². The molecule has 3 nitrogen and oxygen atoms in total. The topological polar surface area (TPSA) is 42.9 Å². The van der Waals surface area contributed by atoms with Crippen molar-refractivity contribution >= 4 is 17.8 Å². The highest BCUT2D eigenvalue weighted by atomic mass is 32.1. The first kappa shape index (κ1) is 8.12. The van der Waals surface area contributed by atoms with Crippen LogP contribution in [0.25, 0.3) is 0 Å². The number of halogens is 3. The molecule has 1 aromatic heterocycles. The van der Waals surface area contributed by atoms with Crippen LogP contribution < -0.4 is 0 Å². The molecule has 7 heteroatoms. The normalized spacial score (nSPS) is 11.5. The van der Waals surface area contributed by atoms with Gasteiger partial charge in [-0.25, -0.2) is 0 Å².